The Hall–Kier alpha value is -2.88. The number of rotatable bonds is 13. The Morgan fingerprint density at radius 1 is 1.00 bits per heavy atom. The van der Waals surface area contributed by atoms with Crippen LogP contribution in [0.3, 0.4) is 0 Å². The van der Waals surface area contributed by atoms with E-state index in [1.54, 1.807) is 6.92 Å². The van der Waals surface area contributed by atoms with Crippen molar-refractivity contribution >= 4 is 11.8 Å². The minimum absolute atomic E-state index is 0.0569. The smallest absolute Gasteiger partial charge is 0.243 e. The molecule has 4 atom stereocenters. The number of hydrogen-bond donors (Lipinski definition) is 4. The molecule has 2 aromatic carbocycles. The minimum atomic E-state index is -1.05. The monoisotopic (exact) mass is 491 g/mol. The molecular formula is C26H35F2N3O4. The Morgan fingerprint density at radius 2 is 1.63 bits per heavy atom. The molecule has 0 spiro atoms. The van der Waals surface area contributed by atoms with Gasteiger partial charge in [-0.2, -0.15) is 0 Å². The zero-order valence-corrected chi connectivity index (χ0v) is 20.3. The molecule has 0 bridgehead atoms. The molecule has 0 radical (unpaired) electrons. The molecule has 2 rings (SSSR count). The van der Waals surface area contributed by atoms with Crippen molar-refractivity contribution in [3.63, 3.8) is 0 Å². The van der Waals surface area contributed by atoms with Gasteiger partial charge in [0.25, 0.3) is 0 Å². The van der Waals surface area contributed by atoms with Crippen LogP contribution in [0.2, 0.25) is 0 Å². The normalized spacial score (nSPS) is 14.7. The summed E-state index contributed by atoms with van der Waals surface area (Å²) in [6.07, 6.45) is -0.995. The van der Waals surface area contributed by atoms with Crippen molar-refractivity contribution in [1.29, 1.82) is 0 Å². The number of hydrogen-bond acceptors (Lipinski definition) is 5. The summed E-state index contributed by atoms with van der Waals surface area (Å²) in [5.74, 6) is -2.83. The van der Waals surface area contributed by atoms with Crippen LogP contribution in [0.4, 0.5) is 8.78 Å². The highest BCUT2D eigenvalue weighted by atomic mass is 19.1. The minimum Gasteiger partial charge on any atom is -0.391 e. The van der Waals surface area contributed by atoms with Gasteiger partial charge in [-0.15, -0.1) is 0 Å². The second-order valence-corrected chi connectivity index (χ2v) is 9.09. The predicted molar refractivity (Wildman–Crippen MR) is 129 cm³/mol. The van der Waals surface area contributed by atoms with Crippen molar-refractivity contribution in [2.75, 3.05) is 6.61 Å². The van der Waals surface area contributed by atoms with Crippen LogP contribution >= 0.6 is 0 Å². The van der Waals surface area contributed by atoms with Crippen molar-refractivity contribution in [3.8, 4) is 0 Å². The van der Waals surface area contributed by atoms with Crippen LogP contribution in [-0.4, -0.2) is 41.7 Å². The van der Waals surface area contributed by atoms with E-state index in [-0.39, 0.29) is 37.4 Å². The third kappa shape index (κ3) is 9.71. The fourth-order valence-corrected chi connectivity index (χ4v) is 3.49. The lowest BCUT2D eigenvalue weighted by Crippen LogP contribution is -2.51. The third-order valence-corrected chi connectivity index (χ3v) is 5.59. The van der Waals surface area contributed by atoms with E-state index >= 15 is 0 Å². The van der Waals surface area contributed by atoms with Crippen molar-refractivity contribution < 1.29 is 28.2 Å². The number of carbonyl (C=O) groups is 2. The second kappa shape index (κ2) is 13.9. The Balaban J connectivity index is 1.80. The number of amides is 2. The van der Waals surface area contributed by atoms with Gasteiger partial charge in [-0.25, -0.2) is 8.78 Å². The number of ether oxygens (including phenoxy) is 1. The molecule has 0 aliphatic rings. The topological polar surface area (TPSA) is 114 Å². The highest BCUT2D eigenvalue weighted by Crippen LogP contribution is 2.13. The predicted octanol–water partition coefficient (Wildman–Crippen LogP) is 2.65. The van der Waals surface area contributed by atoms with Crippen molar-refractivity contribution in [2.45, 2.75) is 58.5 Å². The molecule has 0 aliphatic carbocycles. The van der Waals surface area contributed by atoms with Gasteiger partial charge in [0.2, 0.25) is 11.8 Å². The molecular weight excluding hydrogens is 456 g/mol. The molecule has 7 nitrogen and oxygen atoms in total. The largest absolute Gasteiger partial charge is 0.391 e. The van der Waals surface area contributed by atoms with Gasteiger partial charge in [0.1, 0.15) is 17.7 Å². The second-order valence-electron chi connectivity index (χ2n) is 9.09. The quantitative estimate of drug-likeness (QED) is 0.344. The lowest BCUT2D eigenvalue weighted by Gasteiger charge is -2.25. The van der Waals surface area contributed by atoms with Crippen molar-refractivity contribution in [1.82, 2.24) is 10.6 Å². The SMILES string of the molecule is CC(C)[C@H](NC(=O)[C@H](C)C[C@H](O)[C@@H](N)COCc1cc(F)cc(F)c1)C(=O)NCc1ccccc1. The summed E-state index contributed by atoms with van der Waals surface area (Å²) in [7, 11) is 0. The summed E-state index contributed by atoms with van der Waals surface area (Å²) in [6.45, 7) is 5.53. The van der Waals surface area contributed by atoms with Crippen LogP contribution in [0.25, 0.3) is 0 Å². The first-order valence-corrected chi connectivity index (χ1v) is 11.6. The summed E-state index contributed by atoms with van der Waals surface area (Å²) < 4.78 is 31.9. The molecule has 0 heterocycles. The van der Waals surface area contributed by atoms with Gasteiger partial charge in [-0.3, -0.25) is 9.59 Å². The van der Waals surface area contributed by atoms with E-state index < -0.39 is 35.7 Å². The number of benzene rings is 2. The van der Waals surface area contributed by atoms with Crippen LogP contribution in [0.15, 0.2) is 48.5 Å². The Labute approximate surface area is 205 Å². The highest BCUT2D eigenvalue weighted by Gasteiger charge is 2.28. The van der Waals surface area contributed by atoms with Gasteiger partial charge in [-0.05, 0) is 35.6 Å². The van der Waals surface area contributed by atoms with Gasteiger partial charge in [-0.1, -0.05) is 51.1 Å². The highest BCUT2D eigenvalue weighted by molar-refractivity contribution is 5.88. The maximum atomic E-state index is 13.2. The van der Waals surface area contributed by atoms with E-state index in [9.17, 15) is 23.5 Å². The molecule has 192 valence electrons. The first kappa shape index (κ1) is 28.4. The summed E-state index contributed by atoms with van der Waals surface area (Å²) in [5.41, 5.74) is 7.22. The van der Waals surface area contributed by atoms with Gasteiger partial charge in [0, 0.05) is 18.5 Å². The van der Waals surface area contributed by atoms with E-state index in [1.807, 2.05) is 44.2 Å². The number of nitrogens with two attached hydrogens (primary N) is 1. The van der Waals surface area contributed by atoms with Gasteiger partial charge < -0.3 is 26.2 Å². The summed E-state index contributed by atoms with van der Waals surface area (Å²) in [4.78, 5) is 25.4. The van der Waals surface area contributed by atoms with Crippen LogP contribution in [0.5, 0.6) is 0 Å². The lowest BCUT2D eigenvalue weighted by molar-refractivity contribution is -0.132. The van der Waals surface area contributed by atoms with E-state index in [0.717, 1.165) is 23.8 Å². The van der Waals surface area contributed by atoms with E-state index in [4.69, 9.17) is 10.5 Å². The van der Waals surface area contributed by atoms with Crippen LogP contribution in [0.1, 0.15) is 38.3 Å². The maximum Gasteiger partial charge on any atom is 0.243 e. The van der Waals surface area contributed by atoms with E-state index in [2.05, 4.69) is 10.6 Å². The Kier molecular flexibility index (Phi) is 11.2. The average Bonchev–Trinajstić information content (AvgIpc) is 2.80. The van der Waals surface area contributed by atoms with Crippen molar-refractivity contribution in [2.24, 2.45) is 17.6 Å². The number of aliphatic hydroxyl groups excluding tert-OH is 1. The molecule has 0 fully saturated rings. The van der Waals surface area contributed by atoms with Crippen LogP contribution < -0.4 is 16.4 Å². The molecule has 0 saturated carbocycles. The molecule has 0 aliphatic heterocycles. The fraction of sp³-hybridized carbons (Fsp3) is 0.462. The molecule has 2 amide bonds. The summed E-state index contributed by atoms with van der Waals surface area (Å²) in [5, 5.41) is 16.0. The number of carbonyl (C=O) groups excluding carboxylic acids is 2. The van der Waals surface area contributed by atoms with E-state index in [1.165, 1.54) is 0 Å². The molecule has 0 saturated heterocycles. The molecule has 0 unspecified atom stereocenters. The van der Waals surface area contributed by atoms with Crippen LogP contribution in [0, 0.1) is 23.5 Å². The molecule has 35 heavy (non-hydrogen) atoms. The zero-order chi connectivity index (χ0) is 26.0. The molecule has 2 aromatic rings. The van der Waals surface area contributed by atoms with Crippen LogP contribution in [-0.2, 0) is 27.5 Å². The Morgan fingerprint density at radius 3 is 2.23 bits per heavy atom. The molecule has 0 aromatic heterocycles. The number of nitrogens with one attached hydrogen (secondary N) is 2. The van der Waals surface area contributed by atoms with Gasteiger partial charge in [0.15, 0.2) is 0 Å². The molecule has 9 heteroatoms. The summed E-state index contributed by atoms with van der Waals surface area (Å²) >= 11 is 0. The maximum absolute atomic E-state index is 13.2. The Bertz CT molecular complexity index is 939. The molecule has 5 N–H and O–H groups in total. The third-order valence-electron chi connectivity index (χ3n) is 5.59. The number of aliphatic hydroxyl groups is 1. The van der Waals surface area contributed by atoms with Gasteiger partial charge >= 0.3 is 0 Å². The first-order chi connectivity index (χ1) is 16.6. The first-order valence-electron chi connectivity index (χ1n) is 11.6. The average molecular weight is 492 g/mol. The van der Waals surface area contributed by atoms with E-state index in [0.29, 0.717) is 12.1 Å². The lowest BCUT2D eigenvalue weighted by atomic mass is 9.96. The zero-order valence-electron chi connectivity index (χ0n) is 20.3. The fourth-order valence-electron chi connectivity index (χ4n) is 3.49. The van der Waals surface area contributed by atoms with Crippen molar-refractivity contribution in [3.05, 3.63) is 71.3 Å². The standard InChI is InChI=1S/C26H35F2N3O4/c1-16(2)24(26(34)30-13-18-7-5-4-6-8-18)31-25(33)17(3)9-23(32)22(29)15-35-14-19-10-20(27)12-21(28)11-19/h4-8,10-12,16-17,22-24,32H,9,13-15,29H2,1-3H3,(H,30,34)(H,31,33)/t17-,22+,23+,24+/m1/s1. The summed E-state index contributed by atoms with van der Waals surface area (Å²) in [6, 6.07) is 11.0. The number of halogens is 2. The van der Waals surface area contributed by atoms with Gasteiger partial charge in [0.05, 0.1) is 25.4 Å².